The fourth-order valence-corrected chi connectivity index (χ4v) is 9.30. The van der Waals surface area contributed by atoms with Crippen molar-refractivity contribution in [3.05, 3.63) is 47.7 Å². The van der Waals surface area contributed by atoms with Crippen LogP contribution in [0.1, 0.15) is 34.6 Å². The molecular formula is C28H40N3O5PSi. The summed E-state index contributed by atoms with van der Waals surface area (Å²) in [6.45, 7) is 10.8. The molecule has 206 valence electrons. The smallest absolute Gasteiger partial charge is 0.358 e. The molecule has 0 aliphatic carbocycles. The van der Waals surface area contributed by atoms with Crippen LogP contribution in [0.2, 0.25) is 18.1 Å². The van der Waals surface area contributed by atoms with Crippen LogP contribution in [0.5, 0.6) is 5.75 Å². The van der Waals surface area contributed by atoms with Crippen LogP contribution in [0.4, 0.5) is 5.69 Å². The number of carbonyl (C=O) groups excluding carboxylic acids is 2. The van der Waals surface area contributed by atoms with Crippen LogP contribution in [-0.4, -0.2) is 50.9 Å². The number of hydrogen-bond donors (Lipinski definition) is 2. The topological polar surface area (TPSA) is 103 Å². The first-order valence-corrected chi connectivity index (χ1v) is 17.0. The van der Waals surface area contributed by atoms with Gasteiger partial charge in [0.05, 0.1) is 18.1 Å². The minimum Gasteiger partial charge on any atom is -0.488 e. The number of nitrogens with two attached hydrogens (primary N) is 1. The number of amides is 1. The van der Waals surface area contributed by atoms with E-state index < -0.39 is 23.2 Å². The van der Waals surface area contributed by atoms with Crippen molar-refractivity contribution in [2.24, 2.45) is 17.3 Å². The summed E-state index contributed by atoms with van der Waals surface area (Å²) in [6.07, 6.45) is -0.218. The van der Waals surface area contributed by atoms with Gasteiger partial charge in [0, 0.05) is 35.0 Å². The first-order chi connectivity index (χ1) is 18.3. The zero-order chi connectivity index (χ0) is 27.6. The molecule has 2 aliphatic heterocycles. The number of carbonyl (C=O) groups is 2. The fourth-order valence-electron chi connectivity index (χ4n) is 6.16. The van der Waals surface area contributed by atoms with E-state index >= 15 is 0 Å². The Morgan fingerprint density at radius 2 is 1.79 bits per heavy atom. The number of hydrogen-bond acceptors (Lipinski definition) is 7. The van der Waals surface area contributed by atoms with Crippen molar-refractivity contribution < 1.29 is 23.3 Å². The van der Waals surface area contributed by atoms with Crippen LogP contribution in [0.15, 0.2) is 47.7 Å². The summed E-state index contributed by atoms with van der Waals surface area (Å²) in [4.78, 5) is 28.2. The van der Waals surface area contributed by atoms with Crippen LogP contribution in [-0.2, 0) is 18.5 Å². The first-order valence-electron chi connectivity index (χ1n) is 13.5. The minimum absolute atomic E-state index is 0.0869. The third kappa shape index (κ3) is 4.86. The van der Waals surface area contributed by atoms with Crippen molar-refractivity contribution in [1.82, 2.24) is 4.90 Å². The van der Waals surface area contributed by atoms with E-state index in [0.29, 0.717) is 5.75 Å². The van der Waals surface area contributed by atoms with Crippen molar-refractivity contribution in [1.29, 1.82) is 0 Å². The molecule has 0 radical (unpaired) electrons. The maximum absolute atomic E-state index is 13.5. The predicted molar refractivity (Wildman–Crippen MR) is 156 cm³/mol. The lowest BCUT2D eigenvalue weighted by Crippen LogP contribution is -2.65. The van der Waals surface area contributed by atoms with Gasteiger partial charge in [0.25, 0.3) is 0 Å². The van der Waals surface area contributed by atoms with E-state index in [9.17, 15) is 9.59 Å². The summed E-state index contributed by atoms with van der Waals surface area (Å²) in [5.41, 5.74) is 7.60. The Kier molecular flexibility index (Phi) is 8.82. The Labute approximate surface area is 228 Å². The van der Waals surface area contributed by atoms with Gasteiger partial charge in [0.15, 0.2) is 8.32 Å². The maximum atomic E-state index is 13.5. The van der Waals surface area contributed by atoms with E-state index in [1.165, 1.54) is 0 Å². The Bertz CT molecular complexity index is 1230. The van der Waals surface area contributed by atoms with Crippen molar-refractivity contribution in [3.63, 3.8) is 0 Å². The largest absolute Gasteiger partial charge is 0.488 e. The van der Waals surface area contributed by atoms with E-state index in [0.717, 1.165) is 40.2 Å². The molecule has 0 spiro atoms. The summed E-state index contributed by atoms with van der Waals surface area (Å²) in [5, 5.41) is 5.23. The van der Waals surface area contributed by atoms with Crippen LogP contribution < -0.4 is 15.6 Å². The summed E-state index contributed by atoms with van der Waals surface area (Å²) in [7, 11) is -0.518. The summed E-state index contributed by atoms with van der Waals surface area (Å²) in [6, 6.07) is 14.8. The molecule has 3 N–H and O–H groups in total. The molecular weight excluding hydrogens is 517 g/mol. The second-order valence-corrected chi connectivity index (χ2v) is 15.3. The highest BCUT2D eigenvalue weighted by molar-refractivity contribution is 7.29. The highest BCUT2D eigenvalue weighted by atomic mass is 31.1. The van der Waals surface area contributed by atoms with Gasteiger partial charge in [-0.25, -0.2) is 4.79 Å². The number of fused-ring (bicyclic) bond motifs is 2. The molecule has 0 bridgehead atoms. The second-order valence-electron chi connectivity index (χ2n) is 10.2. The Morgan fingerprint density at radius 1 is 1.13 bits per heavy atom. The molecule has 2 aliphatic rings. The summed E-state index contributed by atoms with van der Waals surface area (Å²) >= 11 is 0. The number of anilines is 1. The molecule has 1 unspecified atom stereocenters. The SMILES string of the molecule is CC[Si](CC)(CC)O[C@H](C)[C@H]1C(=O)N2C(C(=O)OPN)=C(COc3cccc4c(NC)cccc34)[C@H](C)[C@H]12. The minimum atomic E-state index is -1.90. The predicted octanol–water partition coefficient (Wildman–Crippen LogP) is 5.41. The van der Waals surface area contributed by atoms with Gasteiger partial charge in [-0.3, -0.25) is 10.3 Å². The highest BCUT2D eigenvalue weighted by Gasteiger charge is 2.61. The molecule has 1 amide bonds. The van der Waals surface area contributed by atoms with Crippen molar-refractivity contribution >= 4 is 45.6 Å². The zero-order valence-corrected chi connectivity index (χ0v) is 25.2. The molecule has 0 aromatic heterocycles. The second kappa shape index (κ2) is 11.7. The number of nitrogens with zero attached hydrogens (tertiary/aromatic N) is 1. The molecule has 2 aromatic carbocycles. The Hall–Kier alpha value is -2.45. The van der Waals surface area contributed by atoms with Gasteiger partial charge in [-0.15, -0.1) is 0 Å². The van der Waals surface area contributed by atoms with Gasteiger partial charge in [0.2, 0.25) is 5.91 Å². The lowest BCUT2D eigenvalue weighted by atomic mass is 9.78. The summed E-state index contributed by atoms with van der Waals surface area (Å²) < 4.78 is 18.2. The molecule has 5 atom stereocenters. The average Bonchev–Trinajstić information content (AvgIpc) is 3.18. The molecule has 10 heteroatoms. The van der Waals surface area contributed by atoms with E-state index in [4.69, 9.17) is 19.2 Å². The molecule has 1 saturated heterocycles. The van der Waals surface area contributed by atoms with Gasteiger partial charge < -0.3 is 23.9 Å². The molecule has 2 aromatic rings. The van der Waals surface area contributed by atoms with Gasteiger partial charge in [0.1, 0.15) is 27.0 Å². The number of β-lactam (4-membered cyclic amide) rings is 1. The van der Waals surface area contributed by atoms with Crippen LogP contribution >= 0.6 is 8.96 Å². The fraction of sp³-hybridized carbons (Fsp3) is 0.500. The molecule has 1 fully saturated rings. The third-order valence-corrected chi connectivity index (χ3v) is 13.6. The van der Waals surface area contributed by atoms with E-state index in [2.05, 4.69) is 33.0 Å². The van der Waals surface area contributed by atoms with Crippen molar-refractivity contribution in [2.45, 2.75) is 64.9 Å². The number of ether oxygens (including phenoxy) is 1. The first kappa shape index (κ1) is 28.6. The van der Waals surface area contributed by atoms with Crippen LogP contribution in [0.25, 0.3) is 10.8 Å². The molecule has 8 nitrogen and oxygen atoms in total. The Balaban J connectivity index is 1.62. The lowest BCUT2D eigenvalue weighted by Gasteiger charge is -2.49. The maximum Gasteiger partial charge on any atom is 0.358 e. The van der Waals surface area contributed by atoms with Crippen molar-refractivity contribution in [3.8, 4) is 5.75 Å². The number of rotatable bonds is 12. The van der Waals surface area contributed by atoms with Crippen LogP contribution in [0.3, 0.4) is 0 Å². The monoisotopic (exact) mass is 557 g/mol. The van der Waals surface area contributed by atoms with E-state index in [1.807, 2.05) is 50.4 Å². The normalized spacial score (nSPS) is 22.1. The van der Waals surface area contributed by atoms with Crippen LogP contribution in [0, 0.1) is 11.8 Å². The van der Waals surface area contributed by atoms with E-state index in [-0.39, 0.29) is 42.2 Å². The standard InChI is InChI=1S/C28H40N3O5PSi/c1-7-38(8-2,9-3)36-18(5)24-25-17(4)21(26(28(33)35-37-29)31(25)27(24)32)16-34-23-15-11-12-19-20(23)13-10-14-22(19)30-6/h10-15,17-18,24-25,30,37H,7-9,16,29H2,1-6H3/t17-,18+,24+,25+/m0/s1. The molecule has 38 heavy (non-hydrogen) atoms. The summed E-state index contributed by atoms with van der Waals surface area (Å²) in [5.74, 6) is -0.346. The van der Waals surface area contributed by atoms with Gasteiger partial charge >= 0.3 is 5.97 Å². The molecule has 2 heterocycles. The lowest BCUT2D eigenvalue weighted by molar-refractivity contribution is -0.161. The molecule has 4 rings (SSSR count). The molecule has 0 saturated carbocycles. The average molecular weight is 558 g/mol. The quantitative estimate of drug-likeness (QED) is 0.204. The van der Waals surface area contributed by atoms with Crippen molar-refractivity contribution in [2.75, 3.05) is 19.0 Å². The number of nitrogens with one attached hydrogen (secondary N) is 1. The zero-order valence-electron chi connectivity index (χ0n) is 23.2. The van der Waals surface area contributed by atoms with E-state index in [1.54, 1.807) is 4.90 Å². The van der Waals surface area contributed by atoms with Gasteiger partial charge in [-0.05, 0) is 37.2 Å². The van der Waals surface area contributed by atoms with Gasteiger partial charge in [-0.2, -0.15) is 0 Å². The third-order valence-electron chi connectivity index (χ3n) is 8.55. The Morgan fingerprint density at radius 3 is 2.42 bits per heavy atom. The van der Waals surface area contributed by atoms with Gasteiger partial charge in [-0.1, -0.05) is 52.0 Å². The number of benzene rings is 2. The highest BCUT2D eigenvalue weighted by Crippen LogP contribution is 2.49.